The number of imide groups is 2. The average molecular weight is 669 g/mol. The van der Waals surface area contributed by atoms with Gasteiger partial charge >= 0.3 is 6.03 Å². The Labute approximate surface area is 283 Å². The number of benzene rings is 2. The lowest BCUT2D eigenvalue weighted by atomic mass is 9.91. The van der Waals surface area contributed by atoms with E-state index in [1.165, 1.54) is 38.2 Å². The lowest BCUT2D eigenvalue weighted by Gasteiger charge is -2.43. The van der Waals surface area contributed by atoms with Crippen molar-refractivity contribution in [2.45, 2.75) is 90.1 Å². The van der Waals surface area contributed by atoms with Gasteiger partial charge in [0, 0.05) is 46.5 Å². The second kappa shape index (κ2) is 13.6. The largest absolute Gasteiger partial charge is 0.372 e. The Morgan fingerprint density at radius 3 is 2.02 bits per heavy atom. The summed E-state index contributed by atoms with van der Waals surface area (Å²) in [6.07, 6.45) is 11.0. The topological polar surface area (TPSA) is 98.5 Å². The molecule has 4 aromatic rings. The number of amides is 4. The molecule has 0 radical (unpaired) electrons. The van der Waals surface area contributed by atoms with Crippen LogP contribution < -0.4 is 4.90 Å². The first-order valence-electron chi connectivity index (χ1n) is 17.0. The van der Waals surface area contributed by atoms with Crippen molar-refractivity contribution in [2.75, 3.05) is 18.0 Å². The van der Waals surface area contributed by atoms with Crippen molar-refractivity contribution < 1.29 is 14.4 Å². The van der Waals surface area contributed by atoms with Gasteiger partial charge in [0.05, 0.1) is 10.4 Å². The highest BCUT2D eigenvalue weighted by Crippen LogP contribution is 2.39. The van der Waals surface area contributed by atoms with Gasteiger partial charge in [-0.2, -0.15) is 0 Å². The number of carbonyl (C=O) groups excluding carboxylic acids is 3. The predicted molar refractivity (Wildman–Crippen MR) is 190 cm³/mol. The highest BCUT2D eigenvalue weighted by molar-refractivity contribution is 7.29. The normalized spacial score (nSPS) is 18.8. The number of carbonyl (C=O) groups is 3. The zero-order valence-corrected chi connectivity index (χ0v) is 28.6. The van der Waals surface area contributed by atoms with E-state index < -0.39 is 17.8 Å². The van der Waals surface area contributed by atoms with Gasteiger partial charge in [0.1, 0.15) is 10.4 Å². The Kier molecular flexibility index (Phi) is 9.18. The molecule has 2 aromatic carbocycles. The second-order valence-corrected chi connectivity index (χ2v) is 14.7. The Bertz CT molecular complexity index is 1800. The van der Waals surface area contributed by atoms with Crippen molar-refractivity contribution in [3.63, 3.8) is 0 Å². The predicted octanol–water partition coefficient (Wildman–Crippen LogP) is 9.61. The zero-order chi connectivity index (χ0) is 32.5. The van der Waals surface area contributed by atoms with Crippen molar-refractivity contribution in [1.29, 1.82) is 0 Å². The summed E-state index contributed by atoms with van der Waals surface area (Å²) in [4.78, 5) is 52.8. The van der Waals surface area contributed by atoms with Gasteiger partial charge in [-0.05, 0) is 63.8 Å². The van der Waals surface area contributed by atoms with Gasteiger partial charge in [0.2, 0.25) is 5.13 Å². The monoisotopic (exact) mass is 668 g/mol. The number of nitrogens with zero attached hydrogens (tertiary/aromatic N) is 6. The van der Waals surface area contributed by atoms with E-state index in [1.54, 1.807) is 6.08 Å². The Morgan fingerprint density at radius 1 is 0.809 bits per heavy atom. The van der Waals surface area contributed by atoms with Crippen molar-refractivity contribution in [3.05, 3.63) is 52.9 Å². The van der Waals surface area contributed by atoms with Gasteiger partial charge in [-0.25, -0.2) is 9.78 Å². The highest BCUT2D eigenvalue weighted by atomic mass is 32.1. The fourth-order valence-corrected chi connectivity index (χ4v) is 9.36. The molecular weight excluding hydrogens is 629 g/mol. The Morgan fingerprint density at radius 2 is 1.43 bits per heavy atom. The lowest BCUT2D eigenvalue weighted by Crippen LogP contribution is -2.62. The summed E-state index contributed by atoms with van der Waals surface area (Å²) < 4.78 is 0.914. The van der Waals surface area contributed by atoms with Crippen LogP contribution in [0, 0.1) is 0 Å². The zero-order valence-electron chi connectivity index (χ0n) is 27.0. The van der Waals surface area contributed by atoms with Crippen LogP contribution in [0.4, 0.5) is 21.3 Å². The van der Waals surface area contributed by atoms with Crippen molar-refractivity contribution in [2.24, 2.45) is 10.2 Å². The minimum absolute atomic E-state index is 0.0783. The van der Waals surface area contributed by atoms with Gasteiger partial charge in [-0.15, -0.1) is 21.6 Å². The number of fused-ring (bicyclic) bond motifs is 2. The molecule has 7 rings (SSSR count). The molecule has 2 aromatic heterocycles. The molecule has 2 saturated carbocycles. The molecule has 1 aliphatic heterocycles. The van der Waals surface area contributed by atoms with E-state index >= 15 is 0 Å². The number of anilines is 1. The van der Waals surface area contributed by atoms with Crippen LogP contribution in [0.15, 0.2) is 58.3 Å². The number of hydrogen-bond donors (Lipinski definition) is 0. The summed E-state index contributed by atoms with van der Waals surface area (Å²) in [5.41, 5.74) is 2.05. The molecule has 47 heavy (non-hydrogen) atoms. The van der Waals surface area contributed by atoms with Crippen LogP contribution in [0.25, 0.3) is 26.4 Å². The lowest BCUT2D eigenvalue weighted by molar-refractivity contribution is -0.139. The molecule has 3 aliphatic rings. The molecule has 4 amide bonds. The second-order valence-electron chi connectivity index (χ2n) is 12.6. The molecule has 3 heterocycles. The van der Waals surface area contributed by atoms with E-state index in [9.17, 15) is 14.4 Å². The number of rotatable bonds is 8. The molecule has 11 heteroatoms. The molecule has 244 valence electrons. The summed E-state index contributed by atoms with van der Waals surface area (Å²) in [6, 6.07) is 13.6. The number of hydrogen-bond acceptors (Lipinski definition) is 9. The molecule has 0 unspecified atom stereocenters. The maximum Gasteiger partial charge on any atom is 0.334 e. The molecule has 0 atom stereocenters. The standard InChI is InChI=1S/C36H40N6O3S2/c1-3-40(4-2)30-20-19-29(26-17-11-12-18-27(26)30)38-39-35-37-32-31(47-35)22-25(46-32)21-28-33(43)41(23-13-7-5-8-14-23)36(45)42(34(28)44)24-15-9-6-10-16-24/h11-12,17-24H,3-10,13-16H2,1-2H3/b39-38+. The van der Waals surface area contributed by atoms with Gasteiger partial charge in [0.25, 0.3) is 11.8 Å². The fourth-order valence-electron chi connectivity index (χ4n) is 7.38. The number of azo groups is 1. The van der Waals surface area contributed by atoms with Crippen LogP contribution in [0.1, 0.15) is 82.9 Å². The number of urea groups is 1. The smallest absolute Gasteiger partial charge is 0.334 e. The summed E-state index contributed by atoms with van der Waals surface area (Å²) in [5.74, 6) is -0.921. The minimum atomic E-state index is -0.461. The molecule has 2 aliphatic carbocycles. The molecule has 3 fully saturated rings. The van der Waals surface area contributed by atoms with Crippen molar-refractivity contribution >= 4 is 83.4 Å². The van der Waals surface area contributed by atoms with E-state index in [0.29, 0.717) is 5.13 Å². The molecule has 1 saturated heterocycles. The first-order valence-corrected chi connectivity index (χ1v) is 18.6. The molecular formula is C36H40N6O3S2. The van der Waals surface area contributed by atoms with E-state index in [2.05, 4.69) is 47.2 Å². The summed E-state index contributed by atoms with van der Waals surface area (Å²) in [7, 11) is 0. The third-order valence-electron chi connectivity index (χ3n) is 9.80. The van der Waals surface area contributed by atoms with Gasteiger partial charge < -0.3 is 4.90 Å². The van der Waals surface area contributed by atoms with Crippen molar-refractivity contribution in [3.8, 4) is 0 Å². The van der Waals surface area contributed by atoms with E-state index in [0.717, 1.165) is 108 Å². The maximum absolute atomic E-state index is 13.8. The van der Waals surface area contributed by atoms with E-state index in [-0.39, 0.29) is 17.7 Å². The third kappa shape index (κ3) is 6.11. The quantitative estimate of drug-likeness (QED) is 0.106. The van der Waals surface area contributed by atoms with Gasteiger partial charge in [-0.1, -0.05) is 74.1 Å². The first-order chi connectivity index (χ1) is 23.0. The fraction of sp³-hybridized carbons (Fsp3) is 0.444. The number of thiazole rings is 1. The summed E-state index contributed by atoms with van der Waals surface area (Å²) >= 11 is 2.84. The maximum atomic E-state index is 13.8. The minimum Gasteiger partial charge on any atom is -0.372 e. The van der Waals surface area contributed by atoms with Crippen LogP contribution in [-0.4, -0.2) is 57.8 Å². The molecule has 0 spiro atoms. The van der Waals surface area contributed by atoms with Crippen LogP contribution in [0.2, 0.25) is 0 Å². The number of barbiturate groups is 1. The molecule has 9 nitrogen and oxygen atoms in total. The SMILES string of the molecule is CCN(CC)c1ccc(/N=N/c2nc3sc(C=C4C(=O)N(C5CCCCC5)C(=O)N(C5CCCCC5)C4=O)cc3s2)c2ccccc12. The number of aromatic nitrogens is 1. The van der Waals surface area contributed by atoms with Crippen molar-refractivity contribution in [1.82, 2.24) is 14.8 Å². The van der Waals surface area contributed by atoms with Crippen LogP contribution in [0.5, 0.6) is 0 Å². The Balaban J connectivity index is 1.17. The summed E-state index contributed by atoms with van der Waals surface area (Å²) in [6.45, 7) is 6.17. The van der Waals surface area contributed by atoms with Gasteiger partial charge in [0.15, 0.2) is 0 Å². The first kappa shape index (κ1) is 31.6. The van der Waals surface area contributed by atoms with Crippen LogP contribution >= 0.6 is 22.7 Å². The third-order valence-corrected chi connectivity index (χ3v) is 11.8. The van der Waals surface area contributed by atoms with E-state index in [1.807, 2.05) is 24.3 Å². The molecule has 0 N–H and O–H groups in total. The van der Waals surface area contributed by atoms with Gasteiger partial charge in [-0.3, -0.25) is 19.4 Å². The van der Waals surface area contributed by atoms with Crippen LogP contribution in [-0.2, 0) is 9.59 Å². The highest BCUT2D eigenvalue weighted by Gasteiger charge is 2.47. The Hall–Kier alpha value is -3.96. The molecule has 0 bridgehead atoms. The van der Waals surface area contributed by atoms with Crippen LogP contribution in [0.3, 0.4) is 0 Å². The average Bonchev–Trinajstić information content (AvgIpc) is 3.66. The van der Waals surface area contributed by atoms with E-state index in [4.69, 9.17) is 4.98 Å². The summed E-state index contributed by atoms with van der Waals surface area (Å²) in [5, 5.41) is 11.8. The number of thiophene rings is 1.